The third-order valence-electron chi connectivity index (χ3n) is 3.66. The predicted molar refractivity (Wildman–Crippen MR) is 79.9 cm³/mol. The number of hydrogen-bond donors (Lipinski definition) is 1. The summed E-state index contributed by atoms with van der Waals surface area (Å²) in [5, 5.41) is 3.56. The Balaban J connectivity index is 1.81. The quantitative estimate of drug-likeness (QED) is 0.640. The second-order valence-corrected chi connectivity index (χ2v) is 6.31. The molecule has 0 saturated carbocycles. The standard InChI is InChI=1S/C14H30N2S/c1-14-6-11-16(12-7-14)10-5-9-15-8-3-4-13-17-2/h14-15H,3-13H2,1-2H3. The van der Waals surface area contributed by atoms with Gasteiger partial charge in [-0.25, -0.2) is 0 Å². The summed E-state index contributed by atoms with van der Waals surface area (Å²) in [5.41, 5.74) is 0. The molecule has 0 radical (unpaired) electrons. The highest BCUT2D eigenvalue weighted by Crippen LogP contribution is 2.15. The molecule has 17 heavy (non-hydrogen) atoms. The monoisotopic (exact) mass is 258 g/mol. The molecule has 1 fully saturated rings. The largest absolute Gasteiger partial charge is 0.317 e. The number of likely N-dealkylation sites (tertiary alicyclic amines) is 1. The number of unbranched alkanes of at least 4 members (excludes halogenated alkanes) is 1. The molecule has 3 heteroatoms. The van der Waals surface area contributed by atoms with E-state index in [2.05, 4.69) is 23.4 Å². The Morgan fingerprint density at radius 1 is 1.12 bits per heavy atom. The second-order valence-electron chi connectivity index (χ2n) is 5.33. The smallest absolute Gasteiger partial charge is 0.000664 e. The van der Waals surface area contributed by atoms with E-state index in [1.54, 1.807) is 0 Å². The summed E-state index contributed by atoms with van der Waals surface area (Å²) in [7, 11) is 0. The third kappa shape index (κ3) is 8.06. The van der Waals surface area contributed by atoms with Crippen molar-refractivity contribution in [3.8, 4) is 0 Å². The van der Waals surface area contributed by atoms with Gasteiger partial charge in [-0.2, -0.15) is 11.8 Å². The van der Waals surface area contributed by atoms with Crippen LogP contribution in [-0.4, -0.2) is 49.6 Å². The fourth-order valence-corrected chi connectivity index (χ4v) is 2.83. The zero-order valence-electron chi connectivity index (χ0n) is 11.7. The lowest BCUT2D eigenvalue weighted by Crippen LogP contribution is -2.34. The van der Waals surface area contributed by atoms with Gasteiger partial charge in [-0.15, -0.1) is 0 Å². The van der Waals surface area contributed by atoms with E-state index in [1.807, 2.05) is 11.8 Å². The predicted octanol–water partition coefficient (Wildman–Crippen LogP) is 2.84. The molecule has 0 spiro atoms. The summed E-state index contributed by atoms with van der Waals surface area (Å²) in [6.07, 6.45) is 9.01. The lowest BCUT2D eigenvalue weighted by Gasteiger charge is -2.30. The molecule has 0 unspecified atom stereocenters. The van der Waals surface area contributed by atoms with Crippen molar-refractivity contribution in [3.05, 3.63) is 0 Å². The number of rotatable bonds is 9. The van der Waals surface area contributed by atoms with Crippen molar-refractivity contribution in [1.82, 2.24) is 10.2 Å². The second kappa shape index (κ2) is 10.2. The van der Waals surface area contributed by atoms with Crippen molar-refractivity contribution in [2.75, 3.05) is 44.7 Å². The van der Waals surface area contributed by atoms with Crippen LogP contribution in [0.4, 0.5) is 0 Å². The van der Waals surface area contributed by atoms with Crippen LogP contribution in [0, 0.1) is 5.92 Å². The molecule has 1 heterocycles. The Labute approximate surface area is 112 Å². The molecule has 0 amide bonds. The Morgan fingerprint density at radius 3 is 2.53 bits per heavy atom. The van der Waals surface area contributed by atoms with Crippen LogP contribution in [0.5, 0.6) is 0 Å². The first kappa shape index (κ1) is 15.3. The van der Waals surface area contributed by atoms with Crippen molar-refractivity contribution in [2.45, 2.75) is 39.0 Å². The number of thioether (sulfide) groups is 1. The summed E-state index contributed by atoms with van der Waals surface area (Å²) in [5.74, 6) is 2.27. The molecule has 0 aromatic heterocycles. The van der Waals surface area contributed by atoms with Crippen molar-refractivity contribution in [1.29, 1.82) is 0 Å². The molecular formula is C14H30N2S. The molecule has 1 N–H and O–H groups in total. The van der Waals surface area contributed by atoms with Gasteiger partial charge < -0.3 is 10.2 Å². The molecule has 1 aliphatic rings. The zero-order chi connectivity index (χ0) is 12.3. The highest BCUT2D eigenvalue weighted by Gasteiger charge is 2.14. The number of piperidine rings is 1. The molecule has 0 aromatic carbocycles. The Kier molecular flexibility index (Phi) is 9.21. The lowest BCUT2D eigenvalue weighted by atomic mass is 9.99. The van der Waals surface area contributed by atoms with Gasteiger partial charge in [0.2, 0.25) is 0 Å². The average molecular weight is 258 g/mol. The minimum atomic E-state index is 0.959. The SMILES string of the molecule is CSCCCCNCCCN1CCC(C)CC1. The molecule has 0 bridgehead atoms. The van der Waals surface area contributed by atoms with E-state index in [1.165, 1.54) is 70.6 Å². The van der Waals surface area contributed by atoms with E-state index in [-0.39, 0.29) is 0 Å². The van der Waals surface area contributed by atoms with Crippen LogP contribution >= 0.6 is 11.8 Å². The van der Waals surface area contributed by atoms with Crippen LogP contribution in [0.1, 0.15) is 39.0 Å². The van der Waals surface area contributed by atoms with Gasteiger partial charge in [-0.3, -0.25) is 0 Å². The number of nitrogens with one attached hydrogen (secondary N) is 1. The zero-order valence-corrected chi connectivity index (χ0v) is 12.5. The van der Waals surface area contributed by atoms with Gasteiger partial charge in [0.05, 0.1) is 0 Å². The topological polar surface area (TPSA) is 15.3 Å². The van der Waals surface area contributed by atoms with Crippen LogP contribution in [-0.2, 0) is 0 Å². The summed E-state index contributed by atoms with van der Waals surface area (Å²) in [4.78, 5) is 2.63. The van der Waals surface area contributed by atoms with E-state index in [4.69, 9.17) is 0 Å². The molecule has 102 valence electrons. The third-order valence-corrected chi connectivity index (χ3v) is 4.35. The molecule has 2 nitrogen and oxygen atoms in total. The van der Waals surface area contributed by atoms with Crippen molar-refractivity contribution in [3.63, 3.8) is 0 Å². The molecule has 0 atom stereocenters. The highest BCUT2D eigenvalue weighted by molar-refractivity contribution is 7.98. The van der Waals surface area contributed by atoms with Gasteiger partial charge >= 0.3 is 0 Å². The first-order valence-corrected chi connectivity index (χ1v) is 8.64. The van der Waals surface area contributed by atoms with Crippen LogP contribution in [0.15, 0.2) is 0 Å². The molecule has 1 saturated heterocycles. The Morgan fingerprint density at radius 2 is 1.82 bits per heavy atom. The number of nitrogens with zero attached hydrogens (tertiary/aromatic N) is 1. The summed E-state index contributed by atoms with van der Waals surface area (Å²) in [6.45, 7) is 8.74. The minimum Gasteiger partial charge on any atom is -0.317 e. The fraction of sp³-hybridized carbons (Fsp3) is 1.00. The molecule has 0 aromatic rings. The molecule has 0 aliphatic carbocycles. The average Bonchev–Trinajstić information content (AvgIpc) is 2.35. The summed E-state index contributed by atoms with van der Waals surface area (Å²) >= 11 is 1.95. The van der Waals surface area contributed by atoms with Crippen molar-refractivity contribution >= 4 is 11.8 Å². The fourth-order valence-electron chi connectivity index (χ4n) is 2.33. The first-order chi connectivity index (χ1) is 8.33. The van der Waals surface area contributed by atoms with E-state index in [0.29, 0.717) is 0 Å². The normalized spacial score (nSPS) is 18.7. The van der Waals surface area contributed by atoms with Crippen molar-refractivity contribution < 1.29 is 0 Å². The summed E-state index contributed by atoms with van der Waals surface area (Å²) < 4.78 is 0. The highest BCUT2D eigenvalue weighted by atomic mass is 32.2. The van der Waals surface area contributed by atoms with E-state index in [0.717, 1.165) is 5.92 Å². The molecule has 1 aliphatic heterocycles. The first-order valence-electron chi connectivity index (χ1n) is 7.25. The van der Waals surface area contributed by atoms with Gasteiger partial charge in [0.25, 0.3) is 0 Å². The maximum Gasteiger partial charge on any atom is -0.000664 e. The van der Waals surface area contributed by atoms with Crippen LogP contribution in [0.2, 0.25) is 0 Å². The number of hydrogen-bond acceptors (Lipinski definition) is 3. The van der Waals surface area contributed by atoms with Gasteiger partial charge in [-0.1, -0.05) is 6.92 Å². The van der Waals surface area contributed by atoms with Gasteiger partial charge in [0.1, 0.15) is 0 Å². The van der Waals surface area contributed by atoms with Crippen LogP contribution in [0.25, 0.3) is 0 Å². The van der Waals surface area contributed by atoms with E-state index < -0.39 is 0 Å². The Hall–Kier alpha value is 0.270. The lowest BCUT2D eigenvalue weighted by molar-refractivity contribution is 0.190. The van der Waals surface area contributed by atoms with Gasteiger partial charge in [0.15, 0.2) is 0 Å². The maximum atomic E-state index is 3.56. The minimum absolute atomic E-state index is 0.959. The summed E-state index contributed by atoms with van der Waals surface area (Å²) in [6, 6.07) is 0. The molecular weight excluding hydrogens is 228 g/mol. The van der Waals surface area contributed by atoms with Crippen LogP contribution in [0.3, 0.4) is 0 Å². The maximum absolute atomic E-state index is 3.56. The Bertz CT molecular complexity index is 168. The van der Waals surface area contributed by atoms with Crippen LogP contribution < -0.4 is 5.32 Å². The van der Waals surface area contributed by atoms with E-state index in [9.17, 15) is 0 Å². The molecule has 1 rings (SSSR count). The van der Waals surface area contributed by atoms with Gasteiger partial charge in [0, 0.05) is 0 Å². The van der Waals surface area contributed by atoms with Crippen molar-refractivity contribution in [2.24, 2.45) is 5.92 Å². The van der Waals surface area contributed by atoms with Gasteiger partial charge in [-0.05, 0) is 82.8 Å². The van der Waals surface area contributed by atoms with E-state index >= 15 is 0 Å².